The topological polar surface area (TPSA) is 50.1 Å². The first-order valence-corrected chi connectivity index (χ1v) is 5.00. The van der Waals surface area contributed by atoms with Crippen molar-refractivity contribution < 1.29 is 13.9 Å². The first-order chi connectivity index (χ1) is 7.58. The van der Waals surface area contributed by atoms with Crippen molar-refractivity contribution in [1.29, 1.82) is 5.26 Å². The van der Waals surface area contributed by atoms with Crippen LogP contribution >= 0.6 is 11.6 Å². The molecule has 0 amide bonds. The molecule has 0 heterocycles. The van der Waals surface area contributed by atoms with E-state index in [4.69, 9.17) is 21.6 Å². The third-order valence-corrected chi connectivity index (χ3v) is 2.32. The summed E-state index contributed by atoms with van der Waals surface area (Å²) in [5, 5.41) is 8.78. The van der Waals surface area contributed by atoms with Gasteiger partial charge in [0, 0.05) is 0 Å². The van der Waals surface area contributed by atoms with Crippen LogP contribution < -0.4 is 0 Å². The Bertz CT molecular complexity index is 454. The standard InChI is InChI=1S/C11H9ClFNO2/c1-2-16-10(15)5-7-3-9(13)4-8(6-14)11(7)12/h3-4H,2,5H2,1H3. The van der Waals surface area contributed by atoms with Gasteiger partial charge in [-0.1, -0.05) is 11.6 Å². The zero-order valence-corrected chi connectivity index (χ0v) is 9.34. The maximum atomic E-state index is 13.1. The van der Waals surface area contributed by atoms with E-state index in [2.05, 4.69) is 0 Å². The van der Waals surface area contributed by atoms with Crippen LogP contribution in [0.2, 0.25) is 5.02 Å². The van der Waals surface area contributed by atoms with Gasteiger partial charge in [0.15, 0.2) is 0 Å². The van der Waals surface area contributed by atoms with Crippen molar-refractivity contribution in [3.05, 3.63) is 34.1 Å². The van der Waals surface area contributed by atoms with Gasteiger partial charge in [-0.05, 0) is 24.6 Å². The Kier molecular flexibility index (Phi) is 4.27. The SMILES string of the molecule is CCOC(=O)Cc1cc(F)cc(C#N)c1Cl. The highest BCUT2D eigenvalue weighted by Crippen LogP contribution is 2.23. The minimum absolute atomic E-state index is 0.0148. The number of esters is 1. The Morgan fingerprint density at radius 3 is 2.88 bits per heavy atom. The Hall–Kier alpha value is -1.60. The summed E-state index contributed by atoms with van der Waals surface area (Å²) < 4.78 is 17.8. The van der Waals surface area contributed by atoms with Crippen LogP contribution in [0.4, 0.5) is 4.39 Å². The zero-order valence-electron chi connectivity index (χ0n) is 8.59. The molecule has 0 spiro atoms. The lowest BCUT2D eigenvalue weighted by Crippen LogP contribution is -2.08. The minimum Gasteiger partial charge on any atom is -0.466 e. The number of nitriles is 1. The molecule has 84 valence electrons. The highest BCUT2D eigenvalue weighted by molar-refractivity contribution is 6.32. The van der Waals surface area contributed by atoms with Gasteiger partial charge in [0.25, 0.3) is 0 Å². The molecule has 0 aliphatic heterocycles. The second kappa shape index (κ2) is 5.47. The Balaban J connectivity index is 3.01. The minimum atomic E-state index is -0.597. The molecule has 0 saturated heterocycles. The summed E-state index contributed by atoms with van der Waals surface area (Å²) in [5.74, 6) is -1.10. The first-order valence-electron chi connectivity index (χ1n) is 4.62. The quantitative estimate of drug-likeness (QED) is 0.764. The number of halogens is 2. The lowest BCUT2D eigenvalue weighted by molar-refractivity contribution is -0.142. The molecule has 5 heteroatoms. The number of benzene rings is 1. The van der Waals surface area contributed by atoms with E-state index in [0.29, 0.717) is 0 Å². The largest absolute Gasteiger partial charge is 0.466 e. The summed E-state index contributed by atoms with van der Waals surface area (Å²) >= 11 is 5.83. The van der Waals surface area contributed by atoms with Crippen LogP contribution in [0.3, 0.4) is 0 Å². The Morgan fingerprint density at radius 1 is 1.62 bits per heavy atom. The molecule has 0 bridgehead atoms. The van der Waals surface area contributed by atoms with E-state index in [0.717, 1.165) is 12.1 Å². The van der Waals surface area contributed by atoms with Crippen LogP contribution in [0.25, 0.3) is 0 Å². The van der Waals surface area contributed by atoms with Gasteiger partial charge in [-0.25, -0.2) is 4.39 Å². The fraction of sp³-hybridized carbons (Fsp3) is 0.273. The molecule has 0 aromatic heterocycles. The predicted molar refractivity (Wildman–Crippen MR) is 56.5 cm³/mol. The van der Waals surface area contributed by atoms with Gasteiger partial charge >= 0.3 is 5.97 Å². The summed E-state index contributed by atoms with van der Waals surface area (Å²) in [4.78, 5) is 11.2. The smallest absolute Gasteiger partial charge is 0.310 e. The monoisotopic (exact) mass is 241 g/mol. The maximum absolute atomic E-state index is 13.1. The van der Waals surface area contributed by atoms with E-state index in [1.807, 2.05) is 0 Å². The molecule has 0 aliphatic carbocycles. The molecule has 0 atom stereocenters. The first kappa shape index (κ1) is 12.5. The predicted octanol–water partition coefficient (Wildman–Crippen LogP) is 2.46. The molecule has 0 N–H and O–H groups in total. The lowest BCUT2D eigenvalue weighted by atomic mass is 10.1. The number of nitrogens with zero attached hydrogens (tertiary/aromatic N) is 1. The number of carbonyl (C=O) groups is 1. The fourth-order valence-electron chi connectivity index (χ4n) is 1.22. The van der Waals surface area contributed by atoms with E-state index < -0.39 is 11.8 Å². The van der Waals surface area contributed by atoms with Gasteiger partial charge in [0.1, 0.15) is 11.9 Å². The van der Waals surface area contributed by atoms with Crippen molar-refractivity contribution in [2.75, 3.05) is 6.61 Å². The third-order valence-electron chi connectivity index (χ3n) is 1.87. The van der Waals surface area contributed by atoms with E-state index in [1.165, 1.54) is 0 Å². The van der Waals surface area contributed by atoms with Crippen LogP contribution in [0.1, 0.15) is 18.1 Å². The average molecular weight is 242 g/mol. The van der Waals surface area contributed by atoms with Gasteiger partial charge in [-0.15, -0.1) is 0 Å². The molecule has 16 heavy (non-hydrogen) atoms. The molecule has 1 aromatic rings. The van der Waals surface area contributed by atoms with E-state index >= 15 is 0 Å². The number of hydrogen-bond donors (Lipinski definition) is 0. The maximum Gasteiger partial charge on any atom is 0.310 e. The van der Waals surface area contributed by atoms with Gasteiger partial charge < -0.3 is 4.74 Å². The molecule has 3 nitrogen and oxygen atoms in total. The molecule has 0 radical (unpaired) electrons. The second-order valence-electron chi connectivity index (χ2n) is 3.02. The molecular weight excluding hydrogens is 233 g/mol. The number of hydrogen-bond acceptors (Lipinski definition) is 3. The van der Waals surface area contributed by atoms with Crippen LogP contribution in [0.15, 0.2) is 12.1 Å². The summed E-state index contributed by atoms with van der Waals surface area (Å²) in [6.45, 7) is 1.92. The van der Waals surface area contributed by atoms with Crippen molar-refractivity contribution in [2.24, 2.45) is 0 Å². The molecule has 1 rings (SSSR count). The van der Waals surface area contributed by atoms with Crippen molar-refractivity contribution in [2.45, 2.75) is 13.3 Å². The lowest BCUT2D eigenvalue weighted by Gasteiger charge is -2.05. The summed E-state index contributed by atoms with van der Waals surface area (Å²) in [5.41, 5.74) is 0.276. The second-order valence-corrected chi connectivity index (χ2v) is 3.40. The molecule has 1 aromatic carbocycles. The van der Waals surface area contributed by atoms with Crippen LogP contribution in [0, 0.1) is 17.1 Å². The van der Waals surface area contributed by atoms with Crippen LogP contribution in [-0.2, 0) is 16.0 Å². The van der Waals surface area contributed by atoms with Gasteiger partial charge in [0.2, 0.25) is 0 Å². The molecule has 0 aliphatic rings. The highest BCUT2D eigenvalue weighted by atomic mass is 35.5. The summed E-state index contributed by atoms with van der Waals surface area (Å²) in [6.07, 6.45) is -0.140. The van der Waals surface area contributed by atoms with Crippen molar-refractivity contribution in [1.82, 2.24) is 0 Å². The molecule has 0 fully saturated rings. The molecule has 0 unspecified atom stereocenters. The number of carbonyl (C=O) groups excluding carboxylic acids is 1. The van der Waals surface area contributed by atoms with Crippen LogP contribution in [-0.4, -0.2) is 12.6 Å². The van der Waals surface area contributed by atoms with E-state index in [1.54, 1.807) is 13.0 Å². The zero-order chi connectivity index (χ0) is 12.1. The normalized spacial score (nSPS) is 9.62. The number of rotatable bonds is 3. The summed E-state index contributed by atoms with van der Waals surface area (Å²) in [6, 6.07) is 3.91. The highest BCUT2D eigenvalue weighted by Gasteiger charge is 2.13. The van der Waals surface area contributed by atoms with Crippen molar-refractivity contribution in [3.8, 4) is 6.07 Å². The van der Waals surface area contributed by atoms with Gasteiger partial charge in [0.05, 0.1) is 23.6 Å². The third kappa shape index (κ3) is 2.94. The Morgan fingerprint density at radius 2 is 2.31 bits per heavy atom. The molecule has 0 saturated carbocycles. The van der Waals surface area contributed by atoms with Crippen molar-refractivity contribution >= 4 is 17.6 Å². The van der Waals surface area contributed by atoms with Gasteiger partial charge in [-0.2, -0.15) is 5.26 Å². The average Bonchev–Trinajstić information content (AvgIpc) is 2.23. The van der Waals surface area contributed by atoms with E-state index in [-0.39, 0.29) is 29.2 Å². The van der Waals surface area contributed by atoms with E-state index in [9.17, 15) is 9.18 Å². The Labute approximate surface area is 97.4 Å². The summed E-state index contributed by atoms with van der Waals surface area (Å²) in [7, 11) is 0. The van der Waals surface area contributed by atoms with Crippen molar-refractivity contribution in [3.63, 3.8) is 0 Å². The number of ether oxygens (including phenoxy) is 1. The van der Waals surface area contributed by atoms with Crippen LogP contribution in [0.5, 0.6) is 0 Å². The van der Waals surface area contributed by atoms with Gasteiger partial charge in [-0.3, -0.25) is 4.79 Å². The molecular formula is C11H9ClFNO2. The fourth-order valence-corrected chi connectivity index (χ4v) is 1.44.